The van der Waals surface area contributed by atoms with Crippen molar-refractivity contribution in [2.45, 2.75) is 19.4 Å². The van der Waals surface area contributed by atoms with Gasteiger partial charge < -0.3 is 14.4 Å². The molecule has 1 unspecified atom stereocenters. The zero-order valence-corrected chi connectivity index (χ0v) is 17.0. The molecule has 0 aliphatic carbocycles. The molecule has 1 atom stereocenters. The van der Waals surface area contributed by atoms with Gasteiger partial charge in [-0.15, -0.1) is 0 Å². The van der Waals surface area contributed by atoms with Gasteiger partial charge in [-0.2, -0.15) is 0 Å². The molecular formula is C22H17Cl2NO4. The second-order valence-corrected chi connectivity index (χ2v) is 7.71. The summed E-state index contributed by atoms with van der Waals surface area (Å²) in [7, 11) is 0. The predicted octanol–water partition coefficient (Wildman–Crippen LogP) is 5.73. The molecule has 2 heterocycles. The molecule has 29 heavy (non-hydrogen) atoms. The van der Waals surface area contributed by atoms with Crippen LogP contribution in [0.5, 0.6) is 0 Å². The quantitative estimate of drug-likeness (QED) is 0.525. The summed E-state index contributed by atoms with van der Waals surface area (Å²) in [6.07, 6.45) is 0.674. The Labute approximate surface area is 177 Å². The number of amides is 1. The summed E-state index contributed by atoms with van der Waals surface area (Å²) in [5, 5.41) is 12.3. The van der Waals surface area contributed by atoms with Crippen LogP contribution >= 0.6 is 23.2 Å². The summed E-state index contributed by atoms with van der Waals surface area (Å²) in [6, 6.07) is 12.7. The number of carbonyl (C=O) groups excluding carboxylic acids is 2. The number of ketones is 1. The van der Waals surface area contributed by atoms with Crippen molar-refractivity contribution in [1.82, 2.24) is 4.90 Å². The molecule has 148 valence electrons. The third-order valence-electron chi connectivity index (χ3n) is 4.90. The standard InChI is InChI=1S/C22H17Cl2NO4/c1-2-9-25-19(12-3-5-14(23)6-4-12)18(21(27)22(25)28)20(26)17-11-13-10-15(24)7-8-16(13)29-17/h3-8,10-11,19,27H,2,9H2,1H3. The van der Waals surface area contributed by atoms with Gasteiger partial charge in [-0.25, -0.2) is 0 Å². The van der Waals surface area contributed by atoms with Crippen LogP contribution in [-0.4, -0.2) is 28.2 Å². The molecule has 0 radical (unpaired) electrons. The number of nitrogens with zero attached hydrogens (tertiary/aromatic N) is 1. The smallest absolute Gasteiger partial charge is 0.290 e. The van der Waals surface area contributed by atoms with Crippen molar-refractivity contribution in [2.75, 3.05) is 6.54 Å². The van der Waals surface area contributed by atoms with Gasteiger partial charge in [0.15, 0.2) is 11.5 Å². The second kappa shape index (κ2) is 7.58. The van der Waals surface area contributed by atoms with Crippen molar-refractivity contribution in [3.05, 3.63) is 81.2 Å². The maximum atomic E-state index is 13.3. The highest BCUT2D eigenvalue weighted by atomic mass is 35.5. The Balaban J connectivity index is 1.81. The van der Waals surface area contributed by atoms with E-state index in [-0.39, 0.29) is 11.3 Å². The van der Waals surface area contributed by atoms with E-state index in [0.717, 1.165) is 0 Å². The Kier molecular flexibility index (Phi) is 5.11. The molecule has 0 spiro atoms. The minimum Gasteiger partial charge on any atom is -0.503 e. The highest BCUT2D eigenvalue weighted by Gasteiger charge is 2.44. The van der Waals surface area contributed by atoms with Gasteiger partial charge in [0.1, 0.15) is 5.58 Å². The summed E-state index contributed by atoms with van der Waals surface area (Å²) >= 11 is 12.0. The van der Waals surface area contributed by atoms with Gasteiger partial charge in [-0.05, 0) is 48.4 Å². The average molecular weight is 430 g/mol. The van der Waals surface area contributed by atoms with Crippen molar-refractivity contribution in [3.8, 4) is 0 Å². The molecule has 1 amide bonds. The van der Waals surface area contributed by atoms with E-state index >= 15 is 0 Å². The minimum atomic E-state index is -0.719. The first-order chi connectivity index (χ1) is 13.9. The van der Waals surface area contributed by atoms with E-state index < -0.39 is 23.5 Å². The van der Waals surface area contributed by atoms with Crippen molar-refractivity contribution >= 4 is 45.9 Å². The summed E-state index contributed by atoms with van der Waals surface area (Å²) in [6.45, 7) is 2.31. The Morgan fingerprint density at radius 2 is 1.79 bits per heavy atom. The number of Topliss-reactive ketones (excluding diaryl/α,β-unsaturated/α-hetero) is 1. The van der Waals surface area contributed by atoms with Crippen LogP contribution in [0, 0.1) is 0 Å². The second-order valence-electron chi connectivity index (χ2n) is 6.84. The number of hydrogen-bond acceptors (Lipinski definition) is 4. The highest BCUT2D eigenvalue weighted by Crippen LogP contribution is 2.40. The summed E-state index contributed by atoms with van der Waals surface area (Å²) in [5.74, 6) is -1.63. The van der Waals surface area contributed by atoms with Crippen molar-refractivity contribution in [2.24, 2.45) is 0 Å². The first kappa shape index (κ1) is 19.6. The number of aliphatic hydroxyl groups is 1. The van der Waals surface area contributed by atoms with Gasteiger partial charge in [0, 0.05) is 22.0 Å². The number of aliphatic hydroxyl groups excluding tert-OH is 1. The van der Waals surface area contributed by atoms with Gasteiger partial charge in [-0.1, -0.05) is 42.3 Å². The molecular weight excluding hydrogens is 413 g/mol. The van der Waals surface area contributed by atoms with Gasteiger partial charge in [-0.3, -0.25) is 9.59 Å². The monoisotopic (exact) mass is 429 g/mol. The first-order valence-electron chi connectivity index (χ1n) is 9.14. The molecule has 1 aromatic heterocycles. The number of carbonyl (C=O) groups is 2. The molecule has 0 bridgehead atoms. The fourth-order valence-corrected chi connectivity index (χ4v) is 3.91. The number of fused-ring (bicyclic) bond motifs is 1. The normalized spacial score (nSPS) is 16.9. The largest absolute Gasteiger partial charge is 0.503 e. The van der Waals surface area contributed by atoms with Gasteiger partial charge in [0.25, 0.3) is 5.91 Å². The number of benzene rings is 2. The molecule has 1 aliphatic heterocycles. The Morgan fingerprint density at radius 3 is 2.48 bits per heavy atom. The fourth-order valence-electron chi connectivity index (χ4n) is 3.61. The topological polar surface area (TPSA) is 70.8 Å². The third kappa shape index (κ3) is 3.41. The summed E-state index contributed by atoms with van der Waals surface area (Å²) in [4.78, 5) is 27.5. The maximum Gasteiger partial charge on any atom is 0.290 e. The fraction of sp³-hybridized carbons (Fsp3) is 0.182. The molecule has 0 fully saturated rings. The summed E-state index contributed by atoms with van der Waals surface area (Å²) < 4.78 is 5.67. The van der Waals surface area contributed by atoms with Crippen LogP contribution in [0.1, 0.15) is 35.5 Å². The van der Waals surface area contributed by atoms with Crippen molar-refractivity contribution < 1.29 is 19.1 Å². The minimum absolute atomic E-state index is 0.00377. The van der Waals surface area contributed by atoms with Crippen LogP contribution in [0.3, 0.4) is 0 Å². The van der Waals surface area contributed by atoms with E-state index in [1.807, 2.05) is 6.92 Å². The lowest BCUT2D eigenvalue weighted by atomic mass is 9.95. The number of hydrogen-bond donors (Lipinski definition) is 1. The van der Waals surface area contributed by atoms with E-state index in [9.17, 15) is 14.7 Å². The van der Waals surface area contributed by atoms with Crippen LogP contribution in [0.4, 0.5) is 0 Å². The van der Waals surface area contributed by atoms with E-state index in [0.29, 0.717) is 39.5 Å². The van der Waals surface area contributed by atoms with Crippen LogP contribution in [0.25, 0.3) is 11.0 Å². The van der Waals surface area contributed by atoms with Gasteiger partial charge >= 0.3 is 0 Å². The zero-order valence-electron chi connectivity index (χ0n) is 15.5. The molecule has 3 aromatic rings. The first-order valence-corrected chi connectivity index (χ1v) is 9.89. The molecule has 0 saturated carbocycles. The Morgan fingerprint density at radius 1 is 1.10 bits per heavy atom. The highest BCUT2D eigenvalue weighted by molar-refractivity contribution is 6.31. The molecule has 0 saturated heterocycles. The third-order valence-corrected chi connectivity index (χ3v) is 5.39. The van der Waals surface area contributed by atoms with Gasteiger partial charge in [0.05, 0.1) is 11.6 Å². The zero-order chi connectivity index (χ0) is 20.7. The van der Waals surface area contributed by atoms with Crippen LogP contribution in [-0.2, 0) is 4.79 Å². The van der Waals surface area contributed by atoms with Gasteiger partial charge in [0.2, 0.25) is 5.78 Å². The van der Waals surface area contributed by atoms with E-state index in [1.165, 1.54) is 4.90 Å². The lowest BCUT2D eigenvalue weighted by Crippen LogP contribution is -2.31. The van der Waals surface area contributed by atoms with E-state index in [4.69, 9.17) is 27.6 Å². The van der Waals surface area contributed by atoms with E-state index in [1.54, 1.807) is 48.5 Å². The molecule has 2 aromatic carbocycles. The SMILES string of the molecule is CCCN1C(=O)C(O)=C(C(=O)c2cc3cc(Cl)ccc3o2)C1c1ccc(Cl)cc1. The van der Waals surface area contributed by atoms with Crippen molar-refractivity contribution in [1.29, 1.82) is 0 Å². The Hall–Kier alpha value is -2.76. The van der Waals surface area contributed by atoms with E-state index in [2.05, 4.69) is 0 Å². The molecule has 7 heteroatoms. The number of rotatable bonds is 5. The number of furan rings is 1. The van der Waals surface area contributed by atoms with Crippen LogP contribution in [0.15, 0.2) is 64.3 Å². The molecule has 1 aliphatic rings. The molecule has 5 nitrogen and oxygen atoms in total. The van der Waals surface area contributed by atoms with Crippen LogP contribution < -0.4 is 0 Å². The summed E-state index contributed by atoms with van der Waals surface area (Å²) in [5.41, 5.74) is 1.18. The van der Waals surface area contributed by atoms with Crippen LogP contribution in [0.2, 0.25) is 10.0 Å². The lowest BCUT2D eigenvalue weighted by Gasteiger charge is -2.26. The molecule has 1 N–H and O–H groups in total. The van der Waals surface area contributed by atoms with Crippen molar-refractivity contribution in [3.63, 3.8) is 0 Å². The predicted molar refractivity (Wildman–Crippen MR) is 111 cm³/mol. The average Bonchev–Trinajstić information content (AvgIpc) is 3.22. The number of halogens is 2. The lowest BCUT2D eigenvalue weighted by molar-refractivity contribution is -0.129. The molecule has 4 rings (SSSR count). The maximum absolute atomic E-state index is 13.3. The Bertz CT molecular complexity index is 1150.